The second-order valence-corrected chi connectivity index (χ2v) is 8.67. The lowest BCUT2D eigenvalue weighted by atomic mass is 9.90. The van der Waals surface area contributed by atoms with E-state index < -0.39 is 102 Å². The minimum atomic E-state index is -8.47. The van der Waals surface area contributed by atoms with Gasteiger partial charge in [0.05, 0.1) is 0 Å². The summed E-state index contributed by atoms with van der Waals surface area (Å²) in [5.74, 6) is -102. The van der Waals surface area contributed by atoms with E-state index in [4.69, 9.17) is 10.2 Å². The van der Waals surface area contributed by atoms with Gasteiger partial charge in [-0.15, -0.1) is 0 Å². The van der Waals surface area contributed by atoms with Crippen LogP contribution in [-0.2, 0) is 9.59 Å². The molecule has 4 nitrogen and oxygen atoms in total. The highest BCUT2D eigenvalue weighted by atomic mass is 19.4. The molecule has 0 aromatic heterocycles. The van der Waals surface area contributed by atoms with Gasteiger partial charge in [-0.3, -0.25) is 0 Å². The van der Waals surface area contributed by atoms with Gasteiger partial charge < -0.3 is 10.2 Å². The molecular weight excluding hydrogens is 800 g/mol. The van der Waals surface area contributed by atoms with Crippen molar-refractivity contribution in [2.75, 3.05) is 0 Å². The topological polar surface area (TPSA) is 74.6 Å². The van der Waals surface area contributed by atoms with E-state index in [9.17, 15) is 133 Å². The Morgan fingerprint density at radius 1 is 0.367 bits per heavy atom. The average Bonchev–Trinajstić information content (AvgIpc) is 2.86. The first kappa shape index (κ1) is 48.1. The highest BCUT2D eigenvalue weighted by Crippen LogP contribution is 2.63. The van der Waals surface area contributed by atoms with E-state index in [0.29, 0.717) is 0 Å². The first-order valence-electron chi connectivity index (χ1n) is 10.3. The van der Waals surface area contributed by atoms with E-state index in [1.54, 1.807) is 0 Å². The molecule has 49 heavy (non-hydrogen) atoms. The zero-order chi connectivity index (χ0) is 41.2. The predicted molar refractivity (Wildman–Crippen MR) is 91.3 cm³/mol. The summed E-state index contributed by atoms with van der Waals surface area (Å²) in [7, 11) is 0. The fourth-order valence-electron chi connectivity index (χ4n) is 2.29. The lowest BCUT2D eigenvalue weighted by molar-refractivity contribution is -0.450. The molecule has 0 aliphatic heterocycles. The highest BCUT2D eigenvalue weighted by Gasteiger charge is 2.95. The molecule has 0 aliphatic carbocycles. The second kappa shape index (κ2) is 12.3. The van der Waals surface area contributed by atoms with Crippen LogP contribution in [0.4, 0.5) is 123 Å². The Morgan fingerprint density at radius 3 is 0.735 bits per heavy atom. The number of halogens is 28. The van der Waals surface area contributed by atoms with Crippen molar-refractivity contribution in [3.63, 3.8) is 0 Å². The van der Waals surface area contributed by atoms with Gasteiger partial charge in [0.2, 0.25) is 0 Å². The Bertz CT molecular complexity index is 1210. The lowest BCUT2D eigenvalue weighted by Gasteiger charge is -2.40. The molecule has 0 saturated carbocycles. The van der Waals surface area contributed by atoms with E-state index >= 15 is 0 Å². The Kier molecular flexibility index (Phi) is 12.1. The van der Waals surface area contributed by atoms with Crippen LogP contribution in [0.1, 0.15) is 6.92 Å². The molecule has 2 N–H and O–H groups in total. The molecule has 0 aliphatic rings. The van der Waals surface area contributed by atoms with Crippen LogP contribution < -0.4 is 0 Å². The van der Waals surface area contributed by atoms with Crippen molar-refractivity contribution in [2.45, 2.75) is 90.3 Å². The van der Waals surface area contributed by atoms with E-state index in [1.807, 2.05) is 0 Å². The van der Waals surface area contributed by atoms with Gasteiger partial charge in [-0.05, 0) is 6.92 Å². The number of carboxylic acids is 2. The summed E-state index contributed by atoms with van der Waals surface area (Å²) >= 11 is 0. The number of alkyl halides is 28. The van der Waals surface area contributed by atoms with E-state index in [-0.39, 0.29) is 0 Å². The third-order valence-corrected chi connectivity index (χ3v) is 5.36. The van der Waals surface area contributed by atoms with Crippen LogP contribution in [0.25, 0.3) is 0 Å². The minimum absolute atomic E-state index is 0.522. The van der Waals surface area contributed by atoms with Gasteiger partial charge in [0.1, 0.15) is 0 Å². The van der Waals surface area contributed by atoms with Gasteiger partial charge >= 0.3 is 89.2 Å². The van der Waals surface area contributed by atoms with Crippen LogP contribution in [0.2, 0.25) is 0 Å². The monoisotopic (exact) mass is 806 g/mol. The lowest BCUT2D eigenvalue weighted by Crippen LogP contribution is -2.73. The van der Waals surface area contributed by atoms with Crippen LogP contribution in [0, 0.1) is 0 Å². The molecule has 0 radical (unpaired) electrons. The minimum Gasteiger partial charge on any atom is -0.477 e. The molecule has 32 heteroatoms. The van der Waals surface area contributed by atoms with Gasteiger partial charge in [-0.25, -0.2) is 14.0 Å². The molecule has 294 valence electrons. The van der Waals surface area contributed by atoms with Gasteiger partial charge in [0, 0.05) is 0 Å². The molecular formula is C17H6F28O4. The summed E-state index contributed by atoms with van der Waals surface area (Å²) in [5.41, 5.74) is 0. The van der Waals surface area contributed by atoms with Crippen molar-refractivity contribution in [2.24, 2.45) is 0 Å². The average molecular weight is 806 g/mol. The molecule has 0 saturated heterocycles. The summed E-state index contributed by atoms with van der Waals surface area (Å²) in [6, 6.07) is 0. The van der Waals surface area contributed by atoms with E-state index in [2.05, 4.69) is 0 Å². The van der Waals surface area contributed by atoms with E-state index in [1.165, 1.54) is 0 Å². The first-order chi connectivity index (χ1) is 20.6. The molecule has 0 rings (SSSR count). The SMILES string of the molecule is CC(F)C(F)(F)C(F)(F)C(F)(F)C(F)(F)C(F)(F)C(F)(F)C(=O)O.O=C(O)C(F)(F)C(F)(F)C(F)(F)C(F)(F)C(F)(F)C(F)(F)C(F)(F)F. The Labute approximate surface area is 246 Å². The quantitative estimate of drug-likeness (QED) is 0.183. The smallest absolute Gasteiger partial charge is 0.460 e. The largest absolute Gasteiger partial charge is 0.477 e. The van der Waals surface area contributed by atoms with E-state index in [0.717, 1.165) is 0 Å². The normalized spacial score (nSPS) is 16.5. The van der Waals surface area contributed by atoms with Crippen LogP contribution in [-0.4, -0.2) is 106 Å². The maximum absolute atomic E-state index is 13.0. The zero-order valence-corrected chi connectivity index (χ0v) is 21.4. The predicted octanol–water partition coefficient (Wildman–Crippen LogP) is 8.69. The third kappa shape index (κ3) is 6.40. The molecule has 0 aromatic rings. The summed E-state index contributed by atoms with van der Waals surface area (Å²) < 4.78 is 353. The van der Waals surface area contributed by atoms with Crippen LogP contribution in [0.3, 0.4) is 0 Å². The number of carbonyl (C=O) groups is 2. The number of rotatable bonds is 13. The van der Waals surface area contributed by atoms with Gasteiger partial charge in [0.15, 0.2) is 6.17 Å². The van der Waals surface area contributed by atoms with Gasteiger partial charge in [-0.1, -0.05) is 0 Å². The van der Waals surface area contributed by atoms with Crippen molar-refractivity contribution in [1.82, 2.24) is 0 Å². The second-order valence-electron chi connectivity index (χ2n) is 8.67. The molecule has 1 unspecified atom stereocenters. The molecule has 0 amide bonds. The maximum Gasteiger partial charge on any atom is 0.460 e. The van der Waals surface area contributed by atoms with Crippen molar-refractivity contribution in [3.05, 3.63) is 0 Å². The van der Waals surface area contributed by atoms with Crippen LogP contribution in [0.5, 0.6) is 0 Å². The van der Waals surface area contributed by atoms with Crippen molar-refractivity contribution < 1.29 is 143 Å². The number of hydrogen-bond donors (Lipinski definition) is 2. The fourth-order valence-corrected chi connectivity index (χ4v) is 2.29. The highest BCUT2D eigenvalue weighted by molar-refractivity contribution is 5.77. The van der Waals surface area contributed by atoms with Crippen molar-refractivity contribution in [1.29, 1.82) is 0 Å². The molecule has 0 heterocycles. The van der Waals surface area contributed by atoms with Crippen LogP contribution in [0.15, 0.2) is 0 Å². The molecule has 0 aromatic carbocycles. The Morgan fingerprint density at radius 2 is 0.551 bits per heavy atom. The maximum atomic E-state index is 13.0. The zero-order valence-electron chi connectivity index (χ0n) is 21.4. The number of carboxylic acid groups (broad SMARTS) is 2. The van der Waals surface area contributed by atoms with Crippen molar-refractivity contribution in [3.8, 4) is 0 Å². The summed E-state index contributed by atoms with van der Waals surface area (Å²) in [6.07, 6.45) is -12.0. The van der Waals surface area contributed by atoms with Gasteiger partial charge in [0.25, 0.3) is 0 Å². The molecule has 0 fully saturated rings. The van der Waals surface area contributed by atoms with Crippen LogP contribution >= 0.6 is 0 Å². The first-order valence-corrected chi connectivity index (χ1v) is 10.3. The molecule has 1 atom stereocenters. The number of hydrogen-bond acceptors (Lipinski definition) is 2. The Balaban J connectivity index is 0. The third-order valence-electron chi connectivity index (χ3n) is 5.36. The molecule has 0 bridgehead atoms. The standard InChI is InChI=1S/C9H5F13O2.C8HF15O2/c1-2(10)4(11,12)6(15,16)8(19,20)9(21,22)7(17,18)5(13,14)3(23)24;9-2(10,1(24)25)3(11,12)4(13,14)5(15,16)6(17,18)7(19,20)8(21,22)23/h2H,1H3,(H,23,24);(H,24,25). The molecule has 0 spiro atoms. The summed E-state index contributed by atoms with van der Waals surface area (Å²) in [5, 5.41) is 15.2. The summed E-state index contributed by atoms with van der Waals surface area (Å²) in [4.78, 5) is 19.5. The number of aliphatic carboxylic acids is 2. The fraction of sp³-hybridized carbons (Fsp3) is 0.882. The summed E-state index contributed by atoms with van der Waals surface area (Å²) in [6.45, 7) is -0.522. The van der Waals surface area contributed by atoms with Crippen molar-refractivity contribution >= 4 is 11.9 Å². The van der Waals surface area contributed by atoms with Gasteiger partial charge in [-0.2, -0.15) is 119 Å². The Hall–Kier alpha value is -3.02.